The van der Waals surface area contributed by atoms with Crippen LogP contribution in [0.2, 0.25) is 0 Å². The molecule has 60 heavy (non-hydrogen) atoms. The van der Waals surface area contributed by atoms with Crippen LogP contribution in [0, 0.1) is 34.0 Å². The lowest BCUT2D eigenvalue weighted by Crippen LogP contribution is -2.09. The molecule has 5 nitrogen and oxygen atoms in total. The number of nitriles is 3. The van der Waals surface area contributed by atoms with Gasteiger partial charge in [0.25, 0.3) is 0 Å². The van der Waals surface area contributed by atoms with Gasteiger partial charge in [0, 0.05) is 27.1 Å². The van der Waals surface area contributed by atoms with Gasteiger partial charge >= 0.3 is 6.18 Å². The van der Waals surface area contributed by atoms with Gasteiger partial charge in [-0.2, -0.15) is 29.0 Å². The van der Waals surface area contributed by atoms with Gasteiger partial charge in [0.2, 0.25) is 0 Å². The van der Waals surface area contributed by atoms with E-state index < -0.39 is 11.7 Å². The SMILES string of the molecule is N#Cc1cccc(-c2ccc3c4ccccc4n(-c4cc(C#N)c(-c5ccccc5C(F)(F)F)cc4-n4c5ccccc5c5ccc(-c6cccc(C#N)c6)cc54)c3c2)c1. The monoisotopic (exact) mass is 779 g/mol. The molecule has 0 fully saturated rings. The molecule has 0 bridgehead atoms. The van der Waals surface area contributed by atoms with E-state index in [1.807, 2.05) is 115 Å². The van der Waals surface area contributed by atoms with Crippen molar-refractivity contribution in [3.8, 4) is 63.0 Å². The second-order valence-corrected chi connectivity index (χ2v) is 14.6. The van der Waals surface area contributed by atoms with E-state index >= 15 is 0 Å². The standard InChI is InChI=1S/C52H28F3N5/c53-52(54,55)45-16-4-1-13-39(45)44-28-51(60-47-18-6-3-15-41(47)43-22-20-37(26-49(43)60)35-12-8-10-33(24-35)30-57)50(27-38(44)31-58)59-46-17-5-2-14-40(46)42-21-19-36(25-48(42)59)34-11-7-9-32(23-34)29-56/h1-28H. The zero-order chi connectivity index (χ0) is 41.1. The first-order valence-electron chi connectivity index (χ1n) is 19.1. The fraction of sp³-hybridized carbons (Fsp3) is 0.0192. The fourth-order valence-corrected chi connectivity index (χ4v) is 8.57. The molecule has 2 heterocycles. The highest BCUT2D eigenvalue weighted by Gasteiger charge is 2.34. The molecule has 8 aromatic carbocycles. The number of para-hydroxylation sites is 2. The Morgan fingerprint density at radius 2 is 0.850 bits per heavy atom. The highest BCUT2D eigenvalue weighted by atomic mass is 19.4. The smallest absolute Gasteiger partial charge is 0.307 e. The average Bonchev–Trinajstić information content (AvgIpc) is 3.80. The Kier molecular flexibility index (Phi) is 8.35. The van der Waals surface area contributed by atoms with Crippen LogP contribution in [-0.4, -0.2) is 9.13 Å². The van der Waals surface area contributed by atoms with Crippen LogP contribution in [0.5, 0.6) is 0 Å². The van der Waals surface area contributed by atoms with Gasteiger partial charge in [-0.15, -0.1) is 0 Å². The van der Waals surface area contributed by atoms with Crippen molar-refractivity contribution in [1.29, 1.82) is 15.8 Å². The summed E-state index contributed by atoms with van der Waals surface area (Å²) in [5, 5.41) is 34.0. The van der Waals surface area contributed by atoms with Crippen LogP contribution in [0.1, 0.15) is 22.3 Å². The van der Waals surface area contributed by atoms with E-state index in [2.05, 4.69) is 33.4 Å². The second kappa shape index (κ2) is 13.9. The average molecular weight is 780 g/mol. The van der Waals surface area contributed by atoms with Gasteiger partial charge in [0.1, 0.15) is 0 Å². The first-order valence-corrected chi connectivity index (χ1v) is 19.1. The van der Waals surface area contributed by atoms with E-state index in [-0.39, 0.29) is 16.7 Å². The van der Waals surface area contributed by atoms with Gasteiger partial charge in [0.15, 0.2) is 0 Å². The number of halogens is 3. The molecule has 0 unspecified atom stereocenters. The van der Waals surface area contributed by atoms with E-state index in [0.29, 0.717) is 22.5 Å². The largest absolute Gasteiger partial charge is 0.417 e. The minimum Gasteiger partial charge on any atom is -0.307 e. The van der Waals surface area contributed by atoms with Crippen molar-refractivity contribution in [2.45, 2.75) is 6.18 Å². The molecular weight excluding hydrogens is 752 g/mol. The van der Waals surface area contributed by atoms with Crippen LogP contribution in [0.25, 0.3) is 88.4 Å². The molecule has 0 N–H and O–H groups in total. The van der Waals surface area contributed by atoms with Gasteiger partial charge < -0.3 is 9.13 Å². The minimum absolute atomic E-state index is 0.0732. The van der Waals surface area contributed by atoms with Crippen molar-refractivity contribution < 1.29 is 13.2 Å². The molecule has 0 atom stereocenters. The number of hydrogen-bond acceptors (Lipinski definition) is 3. The molecule has 8 heteroatoms. The Hall–Kier alpha value is -8.38. The number of alkyl halides is 3. The van der Waals surface area contributed by atoms with Gasteiger partial charge in [-0.1, -0.05) is 103 Å². The highest BCUT2D eigenvalue weighted by Crippen LogP contribution is 2.44. The summed E-state index contributed by atoms with van der Waals surface area (Å²) in [7, 11) is 0. The van der Waals surface area contributed by atoms with Crippen molar-refractivity contribution in [3.05, 3.63) is 192 Å². The van der Waals surface area contributed by atoms with Gasteiger partial charge in [0.05, 0.1) is 73.9 Å². The normalized spacial score (nSPS) is 11.5. The Balaban J connectivity index is 1.37. The van der Waals surface area contributed by atoms with Crippen molar-refractivity contribution in [1.82, 2.24) is 9.13 Å². The van der Waals surface area contributed by atoms with Crippen LogP contribution >= 0.6 is 0 Å². The Labute approximate surface area is 341 Å². The molecule has 0 saturated carbocycles. The van der Waals surface area contributed by atoms with Crippen LogP contribution in [-0.2, 0) is 6.18 Å². The third kappa shape index (κ3) is 5.77. The summed E-state index contributed by atoms with van der Waals surface area (Å²) in [6.45, 7) is 0. The first-order chi connectivity index (χ1) is 29.2. The summed E-state index contributed by atoms with van der Waals surface area (Å²) in [6, 6.07) is 58.3. The summed E-state index contributed by atoms with van der Waals surface area (Å²) in [5.74, 6) is 0. The highest BCUT2D eigenvalue weighted by molar-refractivity contribution is 6.13. The van der Waals surface area contributed by atoms with E-state index in [0.717, 1.165) is 71.9 Å². The number of nitrogens with zero attached hydrogens (tertiary/aromatic N) is 5. The van der Waals surface area contributed by atoms with E-state index in [4.69, 9.17) is 0 Å². The molecule has 10 rings (SSSR count). The number of benzene rings is 8. The maximum Gasteiger partial charge on any atom is 0.417 e. The van der Waals surface area contributed by atoms with Gasteiger partial charge in [-0.05, 0) is 94.5 Å². The van der Waals surface area contributed by atoms with Crippen molar-refractivity contribution in [3.63, 3.8) is 0 Å². The molecule has 0 saturated heterocycles. The number of hydrogen-bond donors (Lipinski definition) is 0. The van der Waals surface area contributed by atoms with E-state index in [1.165, 1.54) is 12.1 Å². The topological polar surface area (TPSA) is 81.2 Å². The molecule has 10 aromatic rings. The summed E-state index contributed by atoms with van der Waals surface area (Å²) >= 11 is 0. The number of aromatic nitrogens is 2. The third-order valence-electron chi connectivity index (χ3n) is 11.2. The summed E-state index contributed by atoms with van der Waals surface area (Å²) in [5.41, 5.74) is 8.06. The van der Waals surface area contributed by atoms with Crippen LogP contribution < -0.4 is 0 Å². The Morgan fingerprint density at radius 1 is 0.383 bits per heavy atom. The van der Waals surface area contributed by atoms with Crippen molar-refractivity contribution in [2.24, 2.45) is 0 Å². The van der Waals surface area contributed by atoms with Crippen LogP contribution in [0.3, 0.4) is 0 Å². The zero-order valence-corrected chi connectivity index (χ0v) is 31.5. The Bertz CT molecular complexity index is 3530. The lowest BCUT2D eigenvalue weighted by atomic mass is 9.94. The number of fused-ring (bicyclic) bond motifs is 6. The molecule has 2 aromatic heterocycles. The summed E-state index contributed by atoms with van der Waals surface area (Å²) < 4.78 is 48.5. The quantitative estimate of drug-likeness (QED) is 0.174. The molecule has 282 valence electrons. The third-order valence-corrected chi connectivity index (χ3v) is 11.2. The molecule has 0 aliphatic carbocycles. The zero-order valence-electron chi connectivity index (χ0n) is 31.5. The molecule has 0 spiro atoms. The predicted molar refractivity (Wildman–Crippen MR) is 231 cm³/mol. The molecule has 0 aliphatic heterocycles. The minimum atomic E-state index is -4.69. The van der Waals surface area contributed by atoms with Crippen molar-refractivity contribution >= 4 is 43.6 Å². The Morgan fingerprint density at radius 3 is 1.37 bits per heavy atom. The lowest BCUT2D eigenvalue weighted by molar-refractivity contribution is -0.137. The fourth-order valence-electron chi connectivity index (χ4n) is 8.57. The summed E-state index contributed by atoms with van der Waals surface area (Å²) in [4.78, 5) is 0. The maximum absolute atomic E-state index is 14.8. The molecular formula is C52H28F3N5. The molecule has 0 aliphatic rings. The lowest BCUT2D eigenvalue weighted by Gasteiger charge is -2.21. The number of rotatable bonds is 5. The second-order valence-electron chi connectivity index (χ2n) is 14.6. The van der Waals surface area contributed by atoms with Crippen LogP contribution in [0.15, 0.2) is 170 Å². The molecule has 0 radical (unpaired) electrons. The van der Waals surface area contributed by atoms with E-state index in [1.54, 1.807) is 30.3 Å². The summed E-state index contributed by atoms with van der Waals surface area (Å²) in [6.07, 6.45) is -4.69. The molecule has 0 amide bonds. The predicted octanol–water partition coefficient (Wildman–Crippen LogP) is 13.5. The van der Waals surface area contributed by atoms with Crippen molar-refractivity contribution in [2.75, 3.05) is 0 Å². The van der Waals surface area contributed by atoms with Gasteiger partial charge in [-0.25, -0.2) is 0 Å². The van der Waals surface area contributed by atoms with Gasteiger partial charge in [-0.3, -0.25) is 0 Å². The maximum atomic E-state index is 14.8. The van der Waals surface area contributed by atoms with Crippen LogP contribution in [0.4, 0.5) is 13.2 Å². The first kappa shape index (κ1) is 36.0. The van der Waals surface area contributed by atoms with E-state index in [9.17, 15) is 29.0 Å².